The molecule has 6 saturated carbocycles. The molecule has 0 radical (unpaired) electrons. The van der Waals surface area contributed by atoms with E-state index in [0.717, 1.165) is 0 Å². The quantitative estimate of drug-likeness (QED) is 0.338. The summed E-state index contributed by atoms with van der Waals surface area (Å²) >= 11 is 0. The number of amides is 1. The average Bonchev–Trinajstić information content (AvgIpc) is 3.03. The summed E-state index contributed by atoms with van der Waals surface area (Å²) in [6.07, 6.45) is 3.10. The van der Waals surface area contributed by atoms with Crippen LogP contribution in [0.5, 0.6) is 5.75 Å². The minimum atomic E-state index is -2.15. The molecule has 9 heteroatoms. The van der Waals surface area contributed by atoms with E-state index in [1.165, 1.54) is 0 Å². The molecule has 1 aromatic carbocycles. The van der Waals surface area contributed by atoms with E-state index in [1.54, 1.807) is 31.4 Å². The number of carbonyl (C=O) groups excluding carboxylic acids is 4. The fourth-order valence-corrected chi connectivity index (χ4v) is 12.1. The number of Topliss-reactive ketones (excluding diaryl/α,β-unsaturated/α-hetero) is 3. The van der Waals surface area contributed by atoms with Crippen LogP contribution >= 0.6 is 0 Å². The maximum Gasteiger partial charge on any atom is 0.251 e. The van der Waals surface area contributed by atoms with Crippen LogP contribution in [0.3, 0.4) is 0 Å². The van der Waals surface area contributed by atoms with Gasteiger partial charge in [0.2, 0.25) is 5.79 Å². The number of rotatable bonds is 5. The van der Waals surface area contributed by atoms with Crippen molar-refractivity contribution < 1.29 is 38.9 Å². The molecule has 2 aliphatic heterocycles. The van der Waals surface area contributed by atoms with Gasteiger partial charge in [0, 0.05) is 35.8 Å². The first-order valence-corrected chi connectivity index (χ1v) is 16.6. The van der Waals surface area contributed by atoms with E-state index in [9.17, 15) is 29.4 Å². The third-order valence-corrected chi connectivity index (χ3v) is 13.9. The molecular formula is C36H43NO8. The summed E-state index contributed by atoms with van der Waals surface area (Å²) < 4.78 is 11.3. The zero-order valence-corrected chi connectivity index (χ0v) is 26.3. The SMILES string of the molecule is C=C1C2CCC3C45COC(O)(C(O)C4C(C)(C)CCC5=O)C34C(=O)C1(C(=O)C1CCC(NC(=O)c3ccc(OC)cc3)CC1)C24. The Morgan fingerprint density at radius 3 is 2.38 bits per heavy atom. The second-order valence-corrected chi connectivity index (χ2v) is 15.7. The van der Waals surface area contributed by atoms with Gasteiger partial charge >= 0.3 is 0 Å². The number of aliphatic hydroxyl groups is 2. The maximum atomic E-state index is 14.9. The summed E-state index contributed by atoms with van der Waals surface area (Å²) in [5.74, 6) is -4.21. The molecule has 1 amide bonds. The summed E-state index contributed by atoms with van der Waals surface area (Å²) in [6.45, 7) is 8.37. The van der Waals surface area contributed by atoms with Crippen molar-refractivity contribution >= 4 is 23.3 Å². The summed E-state index contributed by atoms with van der Waals surface area (Å²) in [5, 5.41) is 27.4. The molecule has 45 heavy (non-hydrogen) atoms. The molecule has 0 aromatic heterocycles. The van der Waals surface area contributed by atoms with Crippen LogP contribution in [0.15, 0.2) is 36.4 Å². The van der Waals surface area contributed by atoms with Crippen molar-refractivity contribution in [2.24, 2.45) is 51.2 Å². The molecule has 9 nitrogen and oxygen atoms in total. The Kier molecular flexibility index (Phi) is 5.99. The molecule has 6 aliphatic carbocycles. The molecule has 2 bridgehead atoms. The predicted octanol–water partition coefficient (Wildman–Crippen LogP) is 3.41. The predicted molar refractivity (Wildman–Crippen MR) is 161 cm³/mol. The second kappa shape index (κ2) is 9.14. The first-order chi connectivity index (χ1) is 21.3. The highest BCUT2D eigenvalue weighted by Crippen LogP contribution is 2.87. The van der Waals surface area contributed by atoms with Crippen LogP contribution in [0.4, 0.5) is 0 Å². The molecule has 8 aliphatic rings. The van der Waals surface area contributed by atoms with Gasteiger partial charge in [-0.05, 0) is 86.5 Å². The van der Waals surface area contributed by atoms with Gasteiger partial charge in [0.1, 0.15) is 23.1 Å². The standard InChI is InChI=1S/C36H43NO8/c1-18-23-13-14-24-33-17-45-36(43,29(40)27(33)32(2,3)16-15-25(33)38)35(24)26(23)34(18,31(35)42)28(39)19-5-9-21(10-6-19)37-30(41)20-7-11-22(44-4)12-8-20/h7-8,11-12,19,21,23-24,26-27,29,40,43H,1,5-6,9-10,13-17H2,2-4H3,(H,37,41). The third-order valence-electron chi connectivity index (χ3n) is 13.9. The van der Waals surface area contributed by atoms with Gasteiger partial charge in [-0.3, -0.25) is 19.2 Å². The molecule has 8 fully saturated rings. The van der Waals surface area contributed by atoms with Crippen LogP contribution in [0, 0.1) is 51.2 Å². The van der Waals surface area contributed by atoms with Gasteiger partial charge in [0.15, 0.2) is 11.6 Å². The van der Waals surface area contributed by atoms with Crippen LogP contribution in [-0.2, 0) is 19.1 Å². The van der Waals surface area contributed by atoms with Gasteiger partial charge in [-0.1, -0.05) is 26.0 Å². The molecule has 1 aromatic rings. The van der Waals surface area contributed by atoms with E-state index in [2.05, 4.69) is 11.9 Å². The monoisotopic (exact) mass is 617 g/mol. The van der Waals surface area contributed by atoms with Gasteiger partial charge in [0.05, 0.1) is 24.5 Å². The Morgan fingerprint density at radius 2 is 1.71 bits per heavy atom. The number of hydrogen-bond donors (Lipinski definition) is 3. The van der Waals surface area contributed by atoms with E-state index in [4.69, 9.17) is 9.47 Å². The van der Waals surface area contributed by atoms with Crippen LogP contribution in [0.1, 0.15) is 75.6 Å². The topological polar surface area (TPSA) is 139 Å². The van der Waals surface area contributed by atoms with Crippen LogP contribution < -0.4 is 10.1 Å². The molecule has 9 atom stereocenters. The highest BCUT2D eigenvalue weighted by atomic mass is 16.6. The number of methoxy groups -OCH3 is 1. The van der Waals surface area contributed by atoms with E-state index < -0.39 is 51.3 Å². The van der Waals surface area contributed by atoms with Gasteiger partial charge in [-0.2, -0.15) is 0 Å². The smallest absolute Gasteiger partial charge is 0.251 e. The summed E-state index contributed by atoms with van der Waals surface area (Å²) in [7, 11) is 1.57. The lowest BCUT2D eigenvalue weighted by Gasteiger charge is -2.84. The van der Waals surface area contributed by atoms with Crippen molar-refractivity contribution in [2.45, 2.75) is 83.1 Å². The Balaban J connectivity index is 1.06. The number of allylic oxidation sites excluding steroid dienone is 1. The lowest BCUT2D eigenvalue weighted by atomic mass is 9.18. The first kappa shape index (κ1) is 29.5. The number of carbonyl (C=O) groups is 4. The van der Waals surface area contributed by atoms with E-state index in [1.807, 2.05) is 13.8 Å². The van der Waals surface area contributed by atoms with E-state index in [-0.39, 0.29) is 47.7 Å². The van der Waals surface area contributed by atoms with Crippen molar-refractivity contribution in [3.05, 3.63) is 42.0 Å². The molecule has 3 N–H and O–H groups in total. The summed E-state index contributed by atoms with van der Waals surface area (Å²) in [5.41, 5.74) is -3.21. The Bertz CT molecular complexity index is 1540. The number of aliphatic hydroxyl groups excluding tert-OH is 1. The van der Waals surface area contributed by atoms with Crippen molar-refractivity contribution in [1.82, 2.24) is 5.32 Å². The molecule has 2 heterocycles. The van der Waals surface area contributed by atoms with Gasteiger partial charge in [0.25, 0.3) is 5.91 Å². The number of hydrogen-bond acceptors (Lipinski definition) is 8. The van der Waals surface area contributed by atoms with Crippen molar-refractivity contribution in [3.63, 3.8) is 0 Å². The van der Waals surface area contributed by atoms with Crippen LogP contribution in [-0.4, -0.2) is 65.1 Å². The minimum Gasteiger partial charge on any atom is -0.497 e. The van der Waals surface area contributed by atoms with Gasteiger partial charge in [-0.15, -0.1) is 0 Å². The van der Waals surface area contributed by atoms with Crippen molar-refractivity contribution in [2.75, 3.05) is 13.7 Å². The average molecular weight is 618 g/mol. The fourth-order valence-electron chi connectivity index (χ4n) is 12.1. The third kappa shape index (κ3) is 3.12. The fraction of sp³-hybridized carbons (Fsp3) is 0.667. The second-order valence-electron chi connectivity index (χ2n) is 15.7. The molecule has 9 rings (SSSR count). The van der Waals surface area contributed by atoms with Gasteiger partial charge < -0.3 is 25.0 Å². The minimum absolute atomic E-state index is 0.00126. The zero-order chi connectivity index (χ0) is 31.9. The first-order valence-electron chi connectivity index (χ1n) is 16.6. The Morgan fingerprint density at radius 1 is 1.02 bits per heavy atom. The van der Waals surface area contributed by atoms with Gasteiger partial charge in [-0.25, -0.2) is 0 Å². The highest BCUT2D eigenvalue weighted by molar-refractivity contribution is 6.21. The Hall–Kier alpha value is -2.88. The number of benzene rings is 1. The number of fused-ring (bicyclic) bond motifs is 1. The lowest BCUT2D eigenvalue weighted by molar-refractivity contribution is -0.460. The molecule has 2 spiro atoms. The van der Waals surface area contributed by atoms with Crippen LogP contribution in [0.2, 0.25) is 0 Å². The largest absolute Gasteiger partial charge is 0.497 e. The zero-order valence-electron chi connectivity index (χ0n) is 26.3. The molecule has 240 valence electrons. The number of nitrogens with one attached hydrogen (secondary N) is 1. The molecule has 2 saturated heterocycles. The van der Waals surface area contributed by atoms with Crippen LogP contribution in [0.25, 0.3) is 0 Å². The summed E-state index contributed by atoms with van der Waals surface area (Å²) in [4.78, 5) is 56.2. The number of ketones is 3. The van der Waals surface area contributed by atoms with Crippen molar-refractivity contribution in [3.8, 4) is 5.75 Å². The Labute approximate surface area is 263 Å². The van der Waals surface area contributed by atoms with Crippen molar-refractivity contribution in [1.29, 1.82) is 0 Å². The normalized spacial score (nSPS) is 47.0. The highest BCUT2D eigenvalue weighted by Gasteiger charge is 2.96. The van der Waals surface area contributed by atoms with E-state index in [0.29, 0.717) is 68.3 Å². The molecular weight excluding hydrogens is 574 g/mol. The van der Waals surface area contributed by atoms with E-state index >= 15 is 0 Å². The molecule has 9 unspecified atom stereocenters. The summed E-state index contributed by atoms with van der Waals surface area (Å²) in [6, 6.07) is 6.82. The maximum absolute atomic E-state index is 14.9. The number of ether oxygens (including phenoxy) is 2. The lowest BCUT2D eigenvalue weighted by Crippen LogP contribution is -2.95.